The molecule has 2 aromatic rings. The molecule has 3 heterocycles. The molecule has 27 heavy (non-hydrogen) atoms. The Morgan fingerprint density at radius 2 is 2.00 bits per heavy atom. The number of unbranched alkanes of at least 4 members (excludes halogenated alkanes) is 1. The highest BCUT2D eigenvalue weighted by Gasteiger charge is 2.35. The molecule has 0 spiro atoms. The van der Waals surface area contributed by atoms with Gasteiger partial charge in [0.25, 0.3) is 0 Å². The molecule has 0 N–H and O–H groups in total. The highest BCUT2D eigenvalue weighted by Crippen LogP contribution is 2.27. The summed E-state index contributed by atoms with van der Waals surface area (Å²) in [6, 6.07) is 8.27. The summed E-state index contributed by atoms with van der Waals surface area (Å²) < 4.78 is 5.48. The second-order valence-electron chi connectivity index (χ2n) is 7.63. The van der Waals surface area contributed by atoms with E-state index in [2.05, 4.69) is 46.2 Å². The van der Waals surface area contributed by atoms with Crippen LogP contribution in [-0.4, -0.2) is 45.0 Å². The van der Waals surface area contributed by atoms with Gasteiger partial charge in [-0.25, -0.2) is 0 Å². The van der Waals surface area contributed by atoms with Gasteiger partial charge >= 0.3 is 0 Å². The number of amides is 1. The highest BCUT2D eigenvalue weighted by atomic mass is 16.5. The van der Waals surface area contributed by atoms with Crippen molar-refractivity contribution in [3.8, 4) is 0 Å². The van der Waals surface area contributed by atoms with Gasteiger partial charge in [0, 0.05) is 26.1 Å². The van der Waals surface area contributed by atoms with Crippen LogP contribution in [0.15, 0.2) is 28.8 Å². The normalized spacial score (nSPS) is 20.0. The van der Waals surface area contributed by atoms with Crippen molar-refractivity contribution in [3.63, 3.8) is 0 Å². The van der Waals surface area contributed by atoms with Crippen molar-refractivity contribution >= 4 is 5.91 Å². The second-order valence-corrected chi connectivity index (χ2v) is 7.63. The number of carbonyl (C=O) groups is 1. The number of aryl methyl sites for hydroxylation is 1. The van der Waals surface area contributed by atoms with E-state index in [0.29, 0.717) is 12.4 Å². The maximum Gasteiger partial charge on any atom is 0.240 e. The number of fused-ring (bicyclic) bond motifs is 1. The van der Waals surface area contributed by atoms with Crippen molar-refractivity contribution in [3.05, 3.63) is 47.1 Å². The molecule has 1 amide bonds. The van der Waals surface area contributed by atoms with Gasteiger partial charge in [0.15, 0.2) is 5.82 Å². The fraction of sp³-hybridized carbons (Fsp3) is 0.571. The van der Waals surface area contributed by atoms with Crippen LogP contribution in [0.2, 0.25) is 0 Å². The molecule has 1 aromatic carbocycles. The first-order chi connectivity index (χ1) is 13.2. The minimum Gasteiger partial charge on any atom is -0.341 e. The van der Waals surface area contributed by atoms with Gasteiger partial charge in [0.1, 0.15) is 0 Å². The number of hydrogen-bond donors (Lipinski definition) is 0. The van der Waals surface area contributed by atoms with Crippen LogP contribution in [0.25, 0.3) is 0 Å². The molecule has 1 aromatic heterocycles. The topological polar surface area (TPSA) is 62.5 Å². The lowest BCUT2D eigenvalue weighted by Crippen LogP contribution is -2.50. The summed E-state index contributed by atoms with van der Waals surface area (Å²) in [5.41, 5.74) is 2.56. The van der Waals surface area contributed by atoms with Crippen molar-refractivity contribution in [2.24, 2.45) is 0 Å². The van der Waals surface area contributed by atoms with Crippen molar-refractivity contribution in [1.82, 2.24) is 19.9 Å². The van der Waals surface area contributed by atoms with Gasteiger partial charge in [-0.3, -0.25) is 9.69 Å². The van der Waals surface area contributed by atoms with Gasteiger partial charge in [-0.15, -0.1) is 0 Å². The van der Waals surface area contributed by atoms with Crippen molar-refractivity contribution in [2.45, 2.75) is 64.6 Å². The summed E-state index contributed by atoms with van der Waals surface area (Å²) in [5.74, 6) is 1.62. The number of benzene rings is 1. The van der Waals surface area contributed by atoms with Crippen LogP contribution in [0.4, 0.5) is 0 Å². The van der Waals surface area contributed by atoms with E-state index in [-0.39, 0.29) is 11.9 Å². The molecule has 2 aliphatic heterocycles. The van der Waals surface area contributed by atoms with Gasteiger partial charge in [-0.05, 0) is 36.8 Å². The quantitative estimate of drug-likeness (QED) is 0.784. The predicted molar refractivity (Wildman–Crippen MR) is 102 cm³/mol. The van der Waals surface area contributed by atoms with Crippen LogP contribution in [0.5, 0.6) is 0 Å². The van der Waals surface area contributed by atoms with Gasteiger partial charge in [0.05, 0.1) is 12.6 Å². The fourth-order valence-corrected chi connectivity index (χ4v) is 4.10. The molecule has 6 nitrogen and oxygen atoms in total. The zero-order valence-corrected chi connectivity index (χ0v) is 16.1. The van der Waals surface area contributed by atoms with E-state index in [0.717, 1.165) is 64.0 Å². The van der Waals surface area contributed by atoms with Crippen LogP contribution in [-0.2, 0) is 30.7 Å². The number of rotatable bonds is 6. The summed E-state index contributed by atoms with van der Waals surface area (Å²) in [6.45, 7) is 5.19. The molecule has 1 unspecified atom stereocenters. The summed E-state index contributed by atoms with van der Waals surface area (Å²) in [6.07, 6.45) is 5.99. The molecular formula is C21H28N4O2. The highest BCUT2D eigenvalue weighted by molar-refractivity contribution is 5.82. The maximum absolute atomic E-state index is 13.2. The first-order valence-electron chi connectivity index (χ1n) is 10.2. The lowest BCUT2D eigenvalue weighted by molar-refractivity contribution is -0.137. The maximum atomic E-state index is 13.2. The molecule has 0 radical (unpaired) electrons. The Morgan fingerprint density at radius 3 is 2.78 bits per heavy atom. The first kappa shape index (κ1) is 18.2. The Hall–Kier alpha value is -2.21. The van der Waals surface area contributed by atoms with Crippen molar-refractivity contribution in [1.29, 1.82) is 0 Å². The van der Waals surface area contributed by atoms with E-state index in [4.69, 9.17) is 4.52 Å². The van der Waals surface area contributed by atoms with E-state index in [1.165, 1.54) is 11.1 Å². The van der Waals surface area contributed by atoms with E-state index in [9.17, 15) is 4.79 Å². The number of aromatic nitrogens is 2. The summed E-state index contributed by atoms with van der Waals surface area (Å²) in [7, 11) is 0. The number of nitrogens with zero attached hydrogens (tertiary/aromatic N) is 4. The third-order valence-electron chi connectivity index (χ3n) is 5.65. The molecule has 144 valence electrons. The minimum absolute atomic E-state index is 0.149. The summed E-state index contributed by atoms with van der Waals surface area (Å²) in [4.78, 5) is 21.9. The lowest BCUT2D eigenvalue weighted by atomic mass is 9.93. The molecule has 6 heteroatoms. The summed E-state index contributed by atoms with van der Waals surface area (Å²) >= 11 is 0. The lowest BCUT2D eigenvalue weighted by Gasteiger charge is -2.37. The Kier molecular flexibility index (Phi) is 5.53. The van der Waals surface area contributed by atoms with Crippen molar-refractivity contribution < 1.29 is 9.32 Å². The average molecular weight is 368 g/mol. The van der Waals surface area contributed by atoms with Crippen molar-refractivity contribution in [2.75, 3.05) is 13.1 Å². The number of hydrogen-bond acceptors (Lipinski definition) is 5. The fourth-order valence-electron chi connectivity index (χ4n) is 4.10. The molecular weight excluding hydrogens is 340 g/mol. The van der Waals surface area contributed by atoms with Gasteiger partial charge in [0.2, 0.25) is 11.8 Å². The van der Waals surface area contributed by atoms with Crippen LogP contribution in [0.3, 0.4) is 0 Å². The third kappa shape index (κ3) is 4.05. The standard InChI is InChI=1S/C21H28N4O2/c1-2-3-10-19-22-20(27-23-19)15-25-14-17-9-5-4-8-16(17)13-18(25)21(26)24-11-6-7-12-24/h4-5,8-9,18H,2-3,6-7,10-15H2,1H3. The first-order valence-corrected chi connectivity index (χ1v) is 10.2. The molecule has 0 bridgehead atoms. The van der Waals surface area contributed by atoms with Crippen LogP contribution in [0, 0.1) is 0 Å². The van der Waals surface area contributed by atoms with Crippen LogP contribution >= 0.6 is 0 Å². The molecule has 4 rings (SSSR count). The molecule has 0 saturated carbocycles. The SMILES string of the molecule is CCCCc1noc(CN2Cc3ccccc3CC2C(=O)N2CCCC2)n1. The number of likely N-dealkylation sites (tertiary alicyclic amines) is 1. The Balaban J connectivity index is 1.53. The zero-order chi connectivity index (χ0) is 18.6. The van der Waals surface area contributed by atoms with Crippen LogP contribution in [0.1, 0.15) is 55.4 Å². The number of carbonyl (C=O) groups excluding carboxylic acids is 1. The Labute approximate surface area is 160 Å². The zero-order valence-electron chi connectivity index (χ0n) is 16.1. The minimum atomic E-state index is -0.149. The molecule has 1 saturated heterocycles. The monoisotopic (exact) mass is 368 g/mol. The van der Waals surface area contributed by atoms with E-state index in [1.807, 2.05) is 4.90 Å². The van der Waals surface area contributed by atoms with E-state index < -0.39 is 0 Å². The predicted octanol–water partition coefficient (Wildman–Crippen LogP) is 2.96. The molecule has 2 aliphatic rings. The second kappa shape index (κ2) is 8.21. The molecule has 0 aliphatic carbocycles. The smallest absolute Gasteiger partial charge is 0.240 e. The van der Waals surface area contributed by atoms with Gasteiger partial charge in [-0.2, -0.15) is 4.98 Å². The van der Waals surface area contributed by atoms with Gasteiger partial charge in [-0.1, -0.05) is 42.8 Å². The average Bonchev–Trinajstić information content (AvgIpc) is 3.37. The Morgan fingerprint density at radius 1 is 1.22 bits per heavy atom. The third-order valence-corrected chi connectivity index (χ3v) is 5.65. The van der Waals surface area contributed by atoms with Gasteiger partial charge < -0.3 is 9.42 Å². The Bertz CT molecular complexity index is 782. The van der Waals surface area contributed by atoms with E-state index in [1.54, 1.807) is 0 Å². The summed E-state index contributed by atoms with van der Waals surface area (Å²) in [5, 5.41) is 4.10. The largest absolute Gasteiger partial charge is 0.341 e. The molecule has 1 fully saturated rings. The molecule has 1 atom stereocenters. The van der Waals surface area contributed by atoms with E-state index >= 15 is 0 Å². The van der Waals surface area contributed by atoms with Crippen LogP contribution < -0.4 is 0 Å².